The summed E-state index contributed by atoms with van der Waals surface area (Å²) >= 11 is 12.1. The van der Waals surface area contributed by atoms with Crippen molar-refractivity contribution >= 4 is 23.2 Å². The van der Waals surface area contributed by atoms with Gasteiger partial charge in [-0.1, -0.05) is 37.0 Å². The Morgan fingerprint density at radius 3 is 2.72 bits per heavy atom. The van der Waals surface area contributed by atoms with Gasteiger partial charge in [0, 0.05) is 29.7 Å². The Morgan fingerprint density at radius 1 is 1.39 bits per heavy atom. The number of benzene rings is 1. The molecule has 1 rings (SSSR count). The van der Waals surface area contributed by atoms with Gasteiger partial charge in [-0.2, -0.15) is 0 Å². The van der Waals surface area contributed by atoms with Gasteiger partial charge >= 0.3 is 0 Å². The van der Waals surface area contributed by atoms with Gasteiger partial charge in [-0.25, -0.2) is 0 Å². The highest BCUT2D eigenvalue weighted by Gasteiger charge is 2.12. The fourth-order valence-electron chi connectivity index (χ4n) is 1.44. The Labute approximate surface area is 118 Å². The van der Waals surface area contributed by atoms with Gasteiger partial charge in [-0.3, -0.25) is 0 Å². The molecule has 0 bridgehead atoms. The molecule has 0 spiro atoms. The fourth-order valence-corrected chi connectivity index (χ4v) is 2.03. The van der Waals surface area contributed by atoms with Crippen LogP contribution in [-0.2, 0) is 6.54 Å². The van der Waals surface area contributed by atoms with Gasteiger partial charge in [0.1, 0.15) is 5.75 Å². The number of aliphatic hydroxyl groups is 1. The molecule has 1 unspecified atom stereocenters. The molecule has 3 nitrogen and oxygen atoms in total. The van der Waals surface area contributed by atoms with E-state index < -0.39 is 0 Å². The van der Waals surface area contributed by atoms with Crippen LogP contribution in [0.15, 0.2) is 12.1 Å². The van der Waals surface area contributed by atoms with E-state index in [9.17, 15) is 0 Å². The van der Waals surface area contributed by atoms with E-state index in [-0.39, 0.29) is 12.5 Å². The van der Waals surface area contributed by atoms with Crippen molar-refractivity contribution in [2.24, 2.45) is 5.92 Å². The van der Waals surface area contributed by atoms with Crippen molar-refractivity contribution in [1.82, 2.24) is 5.32 Å². The largest absolute Gasteiger partial charge is 0.491 e. The molecule has 0 saturated carbocycles. The summed E-state index contributed by atoms with van der Waals surface area (Å²) in [5.74, 6) is 0.714. The first-order chi connectivity index (χ1) is 8.58. The molecule has 0 fully saturated rings. The van der Waals surface area contributed by atoms with Gasteiger partial charge in [0.15, 0.2) is 0 Å². The lowest BCUT2D eigenvalue weighted by atomic mass is 10.2. The SMILES string of the molecule is CCNCc1cc(Cl)cc(Cl)c1OCC(C)CO. The topological polar surface area (TPSA) is 41.5 Å². The number of nitrogens with one attached hydrogen (secondary N) is 1. The monoisotopic (exact) mass is 291 g/mol. The average Bonchev–Trinajstić information content (AvgIpc) is 2.34. The van der Waals surface area contributed by atoms with Crippen LogP contribution in [0.3, 0.4) is 0 Å². The van der Waals surface area contributed by atoms with Crippen LogP contribution in [0.2, 0.25) is 10.0 Å². The molecule has 0 heterocycles. The summed E-state index contributed by atoms with van der Waals surface area (Å²) in [6.07, 6.45) is 0. The summed E-state index contributed by atoms with van der Waals surface area (Å²) in [7, 11) is 0. The van der Waals surface area contributed by atoms with Crippen LogP contribution < -0.4 is 10.1 Å². The van der Waals surface area contributed by atoms with E-state index in [0.29, 0.717) is 28.9 Å². The van der Waals surface area contributed by atoms with Gasteiger partial charge in [0.05, 0.1) is 11.6 Å². The van der Waals surface area contributed by atoms with Crippen LogP contribution in [0.4, 0.5) is 0 Å². The minimum absolute atomic E-state index is 0.0729. The average molecular weight is 292 g/mol. The first-order valence-corrected chi connectivity index (χ1v) is 6.76. The molecule has 0 aliphatic heterocycles. The second-order valence-electron chi connectivity index (χ2n) is 4.25. The van der Waals surface area contributed by atoms with Gasteiger partial charge in [-0.05, 0) is 18.7 Å². The Kier molecular flexibility index (Phi) is 6.79. The third-order valence-electron chi connectivity index (χ3n) is 2.47. The minimum atomic E-state index is 0.0729. The van der Waals surface area contributed by atoms with E-state index in [1.54, 1.807) is 6.07 Å². The molecule has 0 amide bonds. The van der Waals surface area contributed by atoms with Crippen molar-refractivity contribution in [3.63, 3.8) is 0 Å². The van der Waals surface area contributed by atoms with E-state index in [1.807, 2.05) is 19.9 Å². The molecule has 0 saturated heterocycles. The number of hydrogen-bond acceptors (Lipinski definition) is 3. The summed E-state index contributed by atoms with van der Waals surface area (Å²) in [5.41, 5.74) is 0.930. The third kappa shape index (κ3) is 4.65. The lowest BCUT2D eigenvalue weighted by Crippen LogP contribution is -2.16. The molecule has 0 aromatic heterocycles. The molecule has 1 aromatic rings. The van der Waals surface area contributed by atoms with E-state index >= 15 is 0 Å². The highest BCUT2D eigenvalue weighted by molar-refractivity contribution is 6.35. The highest BCUT2D eigenvalue weighted by Crippen LogP contribution is 2.32. The van der Waals surface area contributed by atoms with Crippen molar-refractivity contribution < 1.29 is 9.84 Å². The maximum absolute atomic E-state index is 8.99. The summed E-state index contributed by atoms with van der Waals surface area (Å²) in [6.45, 7) is 5.97. The van der Waals surface area contributed by atoms with E-state index in [2.05, 4.69) is 5.32 Å². The molecule has 0 aliphatic carbocycles. The Bertz CT molecular complexity index is 385. The molecule has 0 aliphatic rings. The Balaban J connectivity index is 2.85. The van der Waals surface area contributed by atoms with Crippen LogP contribution >= 0.6 is 23.2 Å². The van der Waals surface area contributed by atoms with Crippen LogP contribution in [-0.4, -0.2) is 24.9 Å². The van der Waals surface area contributed by atoms with Crippen molar-refractivity contribution in [2.75, 3.05) is 19.8 Å². The Hall–Kier alpha value is -0.480. The van der Waals surface area contributed by atoms with Crippen molar-refractivity contribution in [2.45, 2.75) is 20.4 Å². The molecular formula is C13H19Cl2NO2. The highest BCUT2D eigenvalue weighted by atomic mass is 35.5. The molecule has 1 aromatic carbocycles. The van der Waals surface area contributed by atoms with Crippen molar-refractivity contribution in [1.29, 1.82) is 0 Å². The number of rotatable bonds is 7. The van der Waals surface area contributed by atoms with Gasteiger partial charge < -0.3 is 15.2 Å². The van der Waals surface area contributed by atoms with E-state index in [1.165, 1.54) is 0 Å². The molecule has 102 valence electrons. The summed E-state index contributed by atoms with van der Waals surface area (Å²) in [4.78, 5) is 0. The molecule has 5 heteroatoms. The first kappa shape index (κ1) is 15.6. The van der Waals surface area contributed by atoms with Gasteiger partial charge in [-0.15, -0.1) is 0 Å². The predicted octanol–water partition coefficient (Wildman–Crippen LogP) is 3.11. The second-order valence-corrected chi connectivity index (χ2v) is 5.10. The van der Waals surface area contributed by atoms with Crippen molar-refractivity contribution in [3.05, 3.63) is 27.7 Å². The molecule has 2 N–H and O–H groups in total. The number of hydrogen-bond donors (Lipinski definition) is 2. The first-order valence-electron chi connectivity index (χ1n) is 6.00. The van der Waals surface area contributed by atoms with Gasteiger partial charge in [0.25, 0.3) is 0 Å². The molecule has 18 heavy (non-hydrogen) atoms. The second kappa shape index (κ2) is 7.85. The summed E-state index contributed by atoms with van der Waals surface area (Å²) in [5, 5.41) is 13.3. The lowest BCUT2D eigenvalue weighted by molar-refractivity contribution is 0.173. The Morgan fingerprint density at radius 2 is 2.11 bits per heavy atom. The van der Waals surface area contributed by atoms with Crippen LogP contribution in [0.25, 0.3) is 0 Å². The zero-order valence-electron chi connectivity index (χ0n) is 10.7. The van der Waals surface area contributed by atoms with Crippen LogP contribution in [0.1, 0.15) is 19.4 Å². The van der Waals surface area contributed by atoms with Crippen LogP contribution in [0, 0.1) is 5.92 Å². The normalized spacial score (nSPS) is 12.5. The lowest BCUT2D eigenvalue weighted by Gasteiger charge is -2.16. The maximum Gasteiger partial charge on any atom is 0.142 e. The van der Waals surface area contributed by atoms with Crippen LogP contribution in [0.5, 0.6) is 5.75 Å². The van der Waals surface area contributed by atoms with Gasteiger partial charge in [0.2, 0.25) is 0 Å². The van der Waals surface area contributed by atoms with E-state index in [0.717, 1.165) is 12.1 Å². The number of aliphatic hydroxyl groups excluding tert-OH is 1. The molecule has 1 atom stereocenters. The fraction of sp³-hybridized carbons (Fsp3) is 0.538. The standard InChI is InChI=1S/C13H19Cl2NO2/c1-3-16-6-10-4-11(14)5-12(15)13(10)18-8-9(2)7-17/h4-5,9,16-17H,3,6-8H2,1-2H3. The maximum atomic E-state index is 8.99. The summed E-state index contributed by atoms with van der Waals surface area (Å²) < 4.78 is 5.68. The number of ether oxygens (including phenoxy) is 1. The zero-order valence-corrected chi connectivity index (χ0v) is 12.2. The minimum Gasteiger partial charge on any atom is -0.491 e. The zero-order chi connectivity index (χ0) is 13.5. The quantitative estimate of drug-likeness (QED) is 0.811. The smallest absolute Gasteiger partial charge is 0.142 e. The molecular weight excluding hydrogens is 273 g/mol. The summed E-state index contributed by atoms with van der Waals surface area (Å²) in [6, 6.07) is 3.51. The number of halogens is 2. The van der Waals surface area contributed by atoms with E-state index in [4.69, 9.17) is 33.0 Å². The predicted molar refractivity (Wildman–Crippen MR) is 75.6 cm³/mol. The third-order valence-corrected chi connectivity index (χ3v) is 2.97. The van der Waals surface area contributed by atoms with Crippen molar-refractivity contribution in [3.8, 4) is 5.75 Å². The molecule has 0 radical (unpaired) electrons.